The molecule has 3 unspecified atom stereocenters. The molecule has 0 aromatic heterocycles. The van der Waals surface area contributed by atoms with E-state index in [1.54, 1.807) is 0 Å². The van der Waals surface area contributed by atoms with Crippen LogP contribution in [0.25, 0.3) is 0 Å². The van der Waals surface area contributed by atoms with Gasteiger partial charge in [-0.05, 0) is 26.5 Å². The van der Waals surface area contributed by atoms with Crippen LogP contribution in [-0.2, 0) is 9.53 Å². The maximum Gasteiger partial charge on any atom is 0.229 e. The molecular weight excluding hydrogens is 252 g/mol. The van der Waals surface area contributed by atoms with Gasteiger partial charge < -0.3 is 15.0 Å². The van der Waals surface area contributed by atoms with Crippen LogP contribution >= 0.6 is 0 Å². The van der Waals surface area contributed by atoms with Crippen molar-refractivity contribution >= 4 is 5.91 Å². The third kappa shape index (κ3) is 3.02. The molecule has 3 atom stereocenters. The molecule has 1 heterocycles. The molecule has 1 aromatic carbocycles. The SMILES string of the molecule is CNC1COCC1C(=O)N(C)C(C)c1ccc(C)cc1. The van der Waals surface area contributed by atoms with Crippen LogP contribution in [0.3, 0.4) is 0 Å². The molecule has 20 heavy (non-hydrogen) atoms. The van der Waals surface area contributed by atoms with Gasteiger partial charge in [-0.1, -0.05) is 29.8 Å². The Balaban J connectivity index is 2.07. The summed E-state index contributed by atoms with van der Waals surface area (Å²) in [5, 5.41) is 3.16. The normalized spacial score (nSPS) is 23.6. The van der Waals surface area contributed by atoms with E-state index in [2.05, 4.69) is 43.4 Å². The fraction of sp³-hybridized carbons (Fsp3) is 0.562. The summed E-state index contributed by atoms with van der Waals surface area (Å²) in [5.41, 5.74) is 2.39. The monoisotopic (exact) mass is 276 g/mol. The molecule has 1 aromatic rings. The van der Waals surface area contributed by atoms with Gasteiger partial charge in [-0.15, -0.1) is 0 Å². The van der Waals surface area contributed by atoms with E-state index >= 15 is 0 Å². The summed E-state index contributed by atoms with van der Waals surface area (Å²) in [6, 6.07) is 8.53. The third-order valence-electron chi connectivity index (χ3n) is 4.26. The Morgan fingerprint density at radius 1 is 1.35 bits per heavy atom. The number of amides is 1. The van der Waals surface area contributed by atoms with Gasteiger partial charge >= 0.3 is 0 Å². The smallest absolute Gasteiger partial charge is 0.229 e. The highest BCUT2D eigenvalue weighted by Gasteiger charge is 2.35. The fourth-order valence-corrected chi connectivity index (χ4v) is 2.60. The largest absolute Gasteiger partial charge is 0.379 e. The van der Waals surface area contributed by atoms with E-state index in [-0.39, 0.29) is 23.9 Å². The topological polar surface area (TPSA) is 41.6 Å². The van der Waals surface area contributed by atoms with Crippen molar-refractivity contribution in [2.24, 2.45) is 5.92 Å². The number of hydrogen-bond acceptors (Lipinski definition) is 3. The zero-order chi connectivity index (χ0) is 14.7. The number of nitrogens with one attached hydrogen (secondary N) is 1. The molecule has 1 amide bonds. The Morgan fingerprint density at radius 2 is 2.00 bits per heavy atom. The molecule has 4 heteroatoms. The minimum atomic E-state index is -0.0853. The van der Waals surface area contributed by atoms with E-state index in [1.165, 1.54) is 5.56 Å². The van der Waals surface area contributed by atoms with Gasteiger partial charge in [0.05, 0.1) is 25.2 Å². The van der Waals surface area contributed by atoms with Crippen molar-refractivity contribution in [3.63, 3.8) is 0 Å². The Kier molecular flexibility index (Phi) is 4.78. The lowest BCUT2D eigenvalue weighted by Crippen LogP contribution is -2.44. The highest BCUT2D eigenvalue weighted by Crippen LogP contribution is 2.24. The molecule has 0 bridgehead atoms. The molecule has 110 valence electrons. The van der Waals surface area contributed by atoms with Crippen LogP contribution < -0.4 is 5.32 Å². The average Bonchev–Trinajstić information content (AvgIpc) is 2.94. The molecule has 0 saturated carbocycles. The molecule has 4 nitrogen and oxygen atoms in total. The Bertz CT molecular complexity index is 458. The number of hydrogen-bond donors (Lipinski definition) is 1. The van der Waals surface area contributed by atoms with E-state index in [4.69, 9.17) is 4.74 Å². The summed E-state index contributed by atoms with van der Waals surface area (Å²) in [4.78, 5) is 14.4. The van der Waals surface area contributed by atoms with Crippen molar-refractivity contribution in [2.45, 2.75) is 25.9 Å². The summed E-state index contributed by atoms with van der Waals surface area (Å²) in [7, 11) is 3.75. The lowest BCUT2D eigenvalue weighted by Gasteiger charge is -2.29. The molecule has 0 spiro atoms. The Labute approximate surface area is 121 Å². The zero-order valence-corrected chi connectivity index (χ0v) is 12.7. The number of aryl methyl sites for hydroxylation is 1. The first kappa shape index (κ1) is 15.0. The summed E-state index contributed by atoms with van der Waals surface area (Å²) < 4.78 is 5.42. The maximum absolute atomic E-state index is 12.6. The number of benzene rings is 1. The van der Waals surface area contributed by atoms with Gasteiger partial charge in [-0.25, -0.2) is 0 Å². The predicted octanol–water partition coefficient (Wildman–Crippen LogP) is 1.75. The van der Waals surface area contributed by atoms with Crippen molar-refractivity contribution < 1.29 is 9.53 Å². The third-order valence-corrected chi connectivity index (χ3v) is 4.26. The van der Waals surface area contributed by atoms with Crippen LogP contribution in [0.15, 0.2) is 24.3 Å². The van der Waals surface area contributed by atoms with Crippen molar-refractivity contribution in [2.75, 3.05) is 27.3 Å². The lowest BCUT2D eigenvalue weighted by molar-refractivity contribution is -0.136. The second kappa shape index (κ2) is 6.37. The van der Waals surface area contributed by atoms with Gasteiger partial charge in [0, 0.05) is 13.1 Å². The van der Waals surface area contributed by atoms with Gasteiger partial charge in [0.1, 0.15) is 0 Å². The van der Waals surface area contributed by atoms with Crippen molar-refractivity contribution in [3.8, 4) is 0 Å². The first-order valence-electron chi connectivity index (χ1n) is 7.13. The van der Waals surface area contributed by atoms with Crippen LogP contribution in [0.5, 0.6) is 0 Å². The molecule has 0 aliphatic carbocycles. The van der Waals surface area contributed by atoms with Crippen LogP contribution in [0.2, 0.25) is 0 Å². The van der Waals surface area contributed by atoms with Crippen molar-refractivity contribution in [1.29, 1.82) is 0 Å². The van der Waals surface area contributed by atoms with Gasteiger partial charge in [0.15, 0.2) is 0 Å². The van der Waals surface area contributed by atoms with Crippen molar-refractivity contribution in [3.05, 3.63) is 35.4 Å². The summed E-state index contributed by atoms with van der Waals surface area (Å²) >= 11 is 0. The van der Waals surface area contributed by atoms with E-state index in [9.17, 15) is 4.79 Å². The number of ether oxygens (including phenoxy) is 1. The number of rotatable bonds is 4. The van der Waals surface area contributed by atoms with Crippen LogP contribution in [0.4, 0.5) is 0 Å². The van der Waals surface area contributed by atoms with Crippen LogP contribution in [-0.4, -0.2) is 44.2 Å². The average molecular weight is 276 g/mol. The van der Waals surface area contributed by atoms with E-state index in [0.717, 1.165) is 5.56 Å². The molecule has 2 rings (SSSR count). The lowest BCUT2D eigenvalue weighted by atomic mass is 9.99. The predicted molar refractivity (Wildman–Crippen MR) is 79.5 cm³/mol. The van der Waals surface area contributed by atoms with E-state index in [1.807, 2.05) is 19.0 Å². The minimum Gasteiger partial charge on any atom is -0.379 e. The molecular formula is C16H24N2O2. The summed E-state index contributed by atoms with van der Waals surface area (Å²) in [5.74, 6) is 0.0628. The molecule has 1 aliphatic heterocycles. The Hall–Kier alpha value is -1.39. The molecule has 1 N–H and O–H groups in total. The molecule has 1 saturated heterocycles. The number of carbonyl (C=O) groups is 1. The van der Waals surface area contributed by atoms with E-state index < -0.39 is 0 Å². The first-order valence-corrected chi connectivity index (χ1v) is 7.13. The second-order valence-electron chi connectivity index (χ2n) is 5.57. The van der Waals surface area contributed by atoms with Crippen LogP contribution in [0, 0.1) is 12.8 Å². The first-order chi connectivity index (χ1) is 9.54. The number of nitrogens with zero attached hydrogens (tertiary/aromatic N) is 1. The van der Waals surface area contributed by atoms with Gasteiger partial charge in [0.2, 0.25) is 5.91 Å². The second-order valence-corrected chi connectivity index (χ2v) is 5.57. The molecule has 1 aliphatic rings. The number of likely N-dealkylation sites (N-methyl/N-ethyl adjacent to an activating group) is 1. The summed E-state index contributed by atoms with van der Waals surface area (Å²) in [6.45, 7) is 5.25. The van der Waals surface area contributed by atoms with Gasteiger partial charge in [-0.2, -0.15) is 0 Å². The standard InChI is InChI=1S/C16H24N2O2/c1-11-5-7-13(8-6-11)12(2)18(4)16(19)14-9-20-10-15(14)17-3/h5-8,12,14-15,17H,9-10H2,1-4H3. The van der Waals surface area contributed by atoms with Crippen LogP contribution in [0.1, 0.15) is 24.1 Å². The highest BCUT2D eigenvalue weighted by atomic mass is 16.5. The molecule has 1 fully saturated rings. The Morgan fingerprint density at radius 3 is 2.60 bits per heavy atom. The highest BCUT2D eigenvalue weighted by molar-refractivity contribution is 5.80. The van der Waals surface area contributed by atoms with E-state index in [0.29, 0.717) is 13.2 Å². The van der Waals surface area contributed by atoms with Gasteiger partial charge in [0.25, 0.3) is 0 Å². The summed E-state index contributed by atoms with van der Waals surface area (Å²) in [6.07, 6.45) is 0. The maximum atomic E-state index is 12.6. The minimum absolute atomic E-state index is 0.0706. The quantitative estimate of drug-likeness (QED) is 0.911. The zero-order valence-electron chi connectivity index (χ0n) is 12.7. The number of carbonyl (C=O) groups excluding carboxylic acids is 1. The van der Waals surface area contributed by atoms with Gasteiger partial charge in [-0.3, -0.25) is 4.79 Å². The molecule has 0 radical (unpaired) electrons. The van der Waals surface area contributed by atoms with Crippen molar-refractivity contribution in [1.82, 2.24) is 10.2 Å². The fourth-order valence-electron chi connectivity index (χ4n) is 2.60.